The third-order valence-electron chi connectivity index (χ3n) is 6.07. The molecule has 1 saturated heterocycles. The van der Waals surface area contributed by atoms with Crippen molar-refractivity contribution >= 4 is 29.2 Å². The number of nitrogens with zero attached hydrogens (tertiary/aromatic N) is 3. The number of carbonyl (C=O) groups excluding carboxylic acids is 3. The van der Waals surface area contributed by atoms with Gasteiger partial charge in [0.25, 0.3) is 11.8 Å². The first-order valence-electron chi connectivity index (χ1n) is 11.2. The lowest BCUT2D eigenvalue weighted by molar-refractivity contribution is 0.0557. The maximum atomic E-state index is 14.8. The Labute approximate surface area is 201 Å². The number of aliphatic hydroxyl groups excluding tert-OH is 1. The van der Waals surface area contributed by atoms with E-state index in [1.807, 2.05) is 0 Å². The molecule has 0 saturated carbocycles. The number of rotatable bonds is 7. The van der Waals surface area contributed by atoms with Crippen molar-refractivity contribution in [2.24, 2.45) is 0 Å². The van der Waals surface area contributed by atoms with Crippen LogP contribution in [0, 0.1) is 11.6 Å². The second kappa shape index (κ2) is 9.87. The minimum absolute atomic E-state index is 0.113. The van der Waals surface area contributed by atoms with E-state index in [4.69, 9.17) is 0 Å². The number of nitrogens with one attached hydrogen (secondary N) is 2. The van der Waals surface area contributed by atoms with Crippen LogP contribution in [0.1, 0.15) is 27.1 Å². The number of carbonyl (C=O) groups is 3. The minimum atomic E-state index is -1.15. The van der Waals surface area contributed by atoms with E-state index in [2.05, 4.69) is 10.6 Å². The van der Waals surface area contributed by atoms with Gasteiger partial charge >= 0.3 is 6.03 Å². The van der Waals surface area contributed by atoms with Gasteiger partial charge < -0.3 is 25.5 Å². The van der Waals surface area contributed by atoms with Crippen molar-refractivity contribution in [3.63, 3.8) is 0 Å². The van der Waals surface area contributed by atoms with Crippen LogP contribution in [0.5, 0.6) is 0 Å². The number of halogens is 2. The highest BCUT2D eigenvalue weighted by Gasteiger charge is 2.36. The van der Waals surface area contributed by atoms with Crippen LogP contribution >= 0.6 is 0 Å². The van der Waals surface area contributed by atoms with E-state index >= 15 is 0 Å². The SMILES string of the molecule is CN(C)C(=O)NC1CCN(c2c(F)cc(NCC(O)CN3C(=O)c4ccccc4C3=O)cc2F)C1. The van der Waals surface area contributed by atoms with Crippen molar-refractivity contribution in [1.82, 2.24) is 15.1 Å². The highest BCUT2D eigenvalue weighted by atomic mass is 19.1. The number of hydrogen-bond acceptors (Lipinski definition) is 6. The topological polar surface area (TPSA) is 105 Å². The van der Waals surface area contributed by atoms with E-state index in [1.165, 1.54) is 4.90 Å². The van der Waals surface area contributed by atoms with Crippen LogP contribution < -0.4 is 15.5 Å². The fourth-order valence-electron chi connectivity index (χ4n) is 4.27. The lowest BCUT2D eigenvalue weighted by atomic mass is 10.1. The summed E-state index contributed by atoms with van der Waals surface area (Å²) in [5.74, 6) is -2.53. The number of imide groups is 1. The van der Waals surface area contributed by atoms with Gasteiger partial charge in [0, 0.05) is 45.5 Å². The molecule has 2 unspecified atom stereocenters. The van der Waals surface area contributed by atoms with Crippen LogP contribution in [0.3, 0.4) is 0 Å². The lowest BCUT2D eigenvalue weighted by Gasteiger charge is -2.22. The summed E-state index contributed by atoms with van der Waals surface area (Å²) in [6.45, 7) is 0.279. The van der Waals surface area contributed by atoms with Gasteiger partial charge in [-0.1, -0.05) is 12.1 Å². The highest BCUT2D eigenvalue weighted by Crippen LogP contribution is 2.30. The molecule has 2 aromatic carbocycles. The van der Waals surface area contributed by atoms with Crippen molar-refractivity contribution in [2.45, 2.75) is 18.6 Å². The van der Waals surface area contributed by atoms with Crippen LogP contribution in [-0.4, -0.2) is 85.2 Å². The van der Waals surface area contributed by atoms with Crippen molar-refractivity contribution in [3.8, 4) is 0 Å². The number of amides is 4. The molecular weight excluding hydrogens is 460 g/mol. The third-order valence-corrected chi connectivity index (χ3v) is 6.07. The molecule has 2 aromatic rings. The van der Waals surface area contributed by atoms with Crippen LogP contribution in [0.4, 0.5) is 25.0 Å². The third kappa shape index (κ3) is 5.04. The standard InChI is InChI=1S/C24H27F2N5O4/c1-29(2)24(35)28-14-7-8-30(12-14)21-19(25)9-15(10-20(21)26)27-11-16(32)13-31-22(33)17-5-3-4-6-18(17)23(31)34/h3-6,9-10,14,16,27,32H,7-8,11-13H2,1-2H3,(H,28,35). The van der Waals surface area contributed by atoms with Crippen molar-refractivity contribution in [3.05, 3.63) is 59.2 Å². The Bertz CT molecular complexity index is 1100. The predicted molar refractivity (Wildman–Crippen MR) is 126 cm³/mol. The molecule has 4 amide bonds. The molecule has 0 bridgehead atoms. The molecule has 2 aliphatic rings. The summed E-state index contributed by atoms with van der Waals surface area (Å²) in [7, 11) is 3.23. The zero-order chi connectivity index (χ0) is 25.3. The second-order valence-electron chi connectivity index (χ2n) is 8.87. The molecule has 4 rings (SSSR count). The Hall–Kier alpha value is -3.73. The van der Waals surface area contributed by atoms with Crippen LogP contribution in [0.15, 0.2) is 36.4 Å². The number of hydrogen-bond donors (Lipinski definition) is 3. The van der Waals surface area contributed by atoms with Crippen LogP contribution in [0.25, 0.3) is 0 Å². The molecule has 9 nitrogen and oxygen atoms in total. The maximum absolute atomic E-state index is 14.8. The highest BCUT2D eigenvalue weighted by molar-refractivity contribution is 6.21. The first-order valence-corrected chi connectivity index (χ1v) is 11.2. The smallest absolute Gasteiger partial charge is 0.317 e. The van der Waals surface area contributed by atoms with Gasteiger partial charge in [0.2, 0.25) is 0 Å². The Morgan fingerprint density at radius 3 is 2.31 bits per heavy atom. The molecule has 0 aliphatic carbocycles. The summed E-state index contributed by atoms with van der Waals surface area (Å²) < 4.78 is 29.6. The summed E-state index contributed by atoms with van der Waals surface area (Å²) in [6, 6.07) is 8.16. The van der Waals surface area contributed by atoms with E-state index in [-0.39, 0.29) is 54.2 Å². The Morgan fingerprint density at radius 2 is 1.74 bits per heavy atom. The summed E-state index contributed by atoms with van der Waals surface area (Å²) >= 11 is 0. The monoisotopic (exact) mass is 487 g/mol. The Balaban J connectivity index is 1.34. The fraction of sp³-hybridized carbons (Fsp3) is 0.375. The van der Waals surface area contributed by atoms with Gasteiger partial charge in [0.15, 0.2) is 11.6 Å². The summed E-state index contributed by atoms with van der Waals surface area (Å²) in [6.07, 6.45) is -0.592. The van der Waals surface area contributed by atoms with E-state index in [9.17, 15) is 28.3 Å². The Kier molecular flexibility index (Phi) is 6.88. The Morgan fingerprint density at radius 1 is 1.14 bits per heavy atom. The van der Waals surface area contributed by atoms with Crippen molar-refractivity contribution < 1.29 is 28.3 Å². The summed E-state index contributed by atoms with van der Waals surface area (Å²) in [5, 5.41) is 15.9. The van der Waals surface area contributed by atoms with Crippen LogP contribution in [-0.2, 0) is 0 Å². The van der Waals surface area contributed by atoms with E-state index in [0.717, 1.165) is 17.0 Å². The molecule has 2 atom stereocenters. The van der Waals surface area contributed by atoms with Crippen molar-refractivity contribution in [2.75, 3.05) is 50.5 Å². The molecule has 35 heavy (non-hydrogen) atoms. The predicted octanol–water partition coefficient (Wildman–Crippen LogP) is 1.88. The van der Waals surface area contributed by atoms with Crippen LogP contribution in [0.2, 0.25) is 0 Å². The second-order valence-corrected chi connectivity index (χ2v) is 8.87. The van der Waals surface area contributed by atoms with Crippen molar-refractivity contribution in [1.29, 1.82) is 0 Å². The molecule has 1 fully saturated rings. The van der Waals surface area contributed by atoms with Gasteiger partial charge in [-0.15, -0.1) is 0 Å². The lowest BCUT2D eigenvalue weighted by Crippen LogP contribution is -2.42. The first-order chi connectivity index (χ1) is 16.7. The van der Waals surface area contributed by atoms with Gasteiger partial charge in [-0.05, 0) is 30.7 Å². The molecule has 2 aliphatic heterocycles. The van der Waals surface area contributed by atoms with E-state index in [0.29, 0.717) is 13.0 Å². The number of β-amino-alcohol motifs (C(OH)–C–C–N with tert-alkyl or cyclic N) is 1. The first kappa shape index (κ1) is 24.4. The molecule has 0 aromatic heterocycles. The normalized spacial score (nSPS) is 18.0. The number of fused-ring (bicyclic) bond motifs is 1. The molecule has 11 heteroatoms. The average molecular weight is 488 g/mol. The number of urea groups is 1. The summed E-state index contributed by atoms with van der Waals surface area (Å²) in [5.41, 5.74) is 0.496. The number of aliphatic hydroxyl groups is 1. The van der Waals surface area contributed by atoms with Gasteiger partial charge in [-0.25, -0.2) is 13.6 Å². The quantitative estimate of drug-likeness (QED) is 0.516. The zero-order valence-electron chi connectivity index (χ0n) is 19.4. The molecule has 2 heterocycles. The molecule has 3 N–H and O–H groups in total. The molecule has 186 valence electrons. The molecule has 0 radical (unpaired) electrons. The number of anilines is 2. The maximum Gasteiger partial charge on any atom is 0.317 e. The zero-order valence-corrected chi connectivity index (χ0v) is 19.4. The fourth-order valence-corrected chi connectivity index (χ4v) is 4.27. The molecular formula is C24H27F2N5O4. The van der Waals surface area contributed by atoms with Gasteiger partial charge in [0.05, 0.1) is 23.8 Å². The van der Waals surface area contributed by atoms with Gasteiger partial charge in [-0.3, -0.25) is 14.5 Å². The average Bonchev–Trinajstić information content (AvgIpc) is 3.36. The van der Waals surface area contributed by atoms with E-state index < -0.39 is 29.6 Å². The number of benzene rings is 2. The van der Waals surface area contributed by atoms with E-state index in [1.54, 1.807) is 43.3 Å². The molecule has 0 spiro atoms. The van der Waals surface area contributed by atoms with Gasteiger partial charge in [0.1, 0.15) is 5.69 Å². The largest absolute Gasteiger partial charge is 0.389 e. The van der Waals surface area contributed by atoms with Gasteiger partial charge in [-0.2, -0.15) is 0 Å². The minimum Gasteiger partial charge on any atom is -0.389 e. The summed E-state index contributed by atoms with van der Waals surface area (Å²) in [4.78, 5) is 40.6.